The third-order valence-corrected chi connectivity index (χ3v) is 2.13. The Kier molecular flexibility index (Phi) is 2.13. The molecule has 0 unspecified atom stereocenters. The second-order valence-corrected chi connectivity index (χ2v) is 3.01. The number of rotatable bonds is 0. The normalized spacial score (nSPS) is 10.4. The second kappa shape index (κ2) is 3.31. The summed E-state index contributed by atoms with van der Waals surface area (Å²) >= 11 is 5.79. The zero-order valence-electron chi connectivity index (χ0n) is 7.40. The lowest BCUT2D eigenvalue weighted by Gasteiger charge is -2.00. The third kappa shape index (κ3) is 1.24. The summed E-state index contributed by atoms with van der Waals surface area (Å²) in [6, 6.07) is 7.17. The van der Waals surface area contributed by atoms with Crippen LogP contribution in [0.4, 0.5) is 4.79 Å². The van der Waals surface area contributed by atoms with Crippen LogP contribution in [0.2, 0.25) is 5.28 Å². The lowest BCUT2D eigenvalue weighted by Crippen LogP contribution is -2.10. The summed E-state index contributed by atoms with van der Waals surface area (Å²) in [6.45, 7) is 0. The van der Waals surface area contributed by atoms with E-state index in [0.29, 0.717) is 11.0 Å². The average Bonchev–Trinajstić information content (AvgIpc) is 2.53. The maximum Gasteiger partial charge on any atom is 0.420 e. The van der Waals surface area contributed by atoms with Crippen LogP contribution in [0, 0.1) is 0 Å². The Bertz CT molecular complexity index is 493. The summed E-state index contributed by atoms with van der Waals surface area (Å²) in [4.78, 5) is 15.3. The molecule has 0 bridgehead atoms. The maximum atomic E-state index is 11.3. The fraction of sp³-hybridized carbons (Fsp3) is 0.111. The fourth-order valence-corrected chi connectivity index (χ4v) is 1.51. The topological polar surface area (TPSA) is 44.1 Å². The van der Waals surface area contributed by atoms with Gasteiger partial charge in [0, 0.05) is 0 Å². The summed E-state index contributed by atoms with van der Waals surface area (Å²) in [7, 11) is 1.30. The van der Waals surface area contributed by atoms with Crippen molar-refractivity contribution < 1.29 is 9.53 Å². The minimum absolute atomic E-state index is 0.109. The largest absolute Gasteiger partial charge is 0.452 e. The first-order valence-electron chi connectivity index (χ1n) is 3.95. The van der Waals surface area contributed by atoms with E-state index in [2.05, 4.69) is 9.72 Å². The van der Waals surface area contributed by atoms with E-state index in [-0.39, 0.29) is 5.28 Å². The first-order valence-corrected chi connectivity index (χ1v) is 4.33. The summed E-state index contributed by atoms with van der Waals surface area (Å²) < 4.78 is 5.80. The zero-order chi connectivity index (χ0) is 10.1. The number of aromatic nitrogens is 2. The van der Waals surface area contributed by atoms with Gasteiger partial charge < -0.3 is 4.74 Å². The summed E-state index contributed by atoms with van der Waals surface area (Å²) in [5, 5.41) is 0.109. The second-order valence-electron chi connectivity index (χ2n) is 2.67. The molecule has 2 rings (SSSR count). The van der Waals surface area contributed by atoms with Gasteiger partial charge in [-0.05, 0) is 23.7 Å². The van der Waals surface area contributed by atoms with E-state index in [4.69, 9.17) is 11.6 Å². The number of nitrogens with zero attached hydrogens (tertiary/aromatic N) is 2. The number of halogens is 1. The molecule has 72 valence electrons. The van der Waals surface area contributed by atoms with Crippen molar-refractivity contribution in [3.63, 3.8) is 0 Å². The number of fused-ring (bicyclic) bond motifs is 1. The van der Waals surface area contributed by atoms with Gasteiger partial charge in [0.2, 0.25) is 5.28 Å². The average molecular weight is 211 g/mol. The molecule has 0 aliphatic heterocycles. The van der Waals surface area contributed by atoms with Crippen LogP contribution in [0.3, 0.4) is 0 Å². The highest BCUT2D eigenvalue weighted by atomic mass is 35.5. The van der Waals surface area contributed by atoms with Gasteiger partial charge in [0.05, 0.1) is 18.1 Å². The van der Waals surface area contributed by atoms with Gasteiger partial charge in [-0.3, -0.25) is 0 Å². The Hall–Kier alpha value is -1.55. The monoisotopic (exact) mass is 210 g/mol. The van der Waals surface area contributed by atoms with Gasteiger partial charge in [-0.1, -0.05) is 12.1 Å². The van der Waals surface area contributed by atoms with Gasteiger partial charge in [0.1, 0.15) is 0 Å². The van der Waals surface area contributed by atoms with Crippen molar-refractivity contribution in [3.05, 3.63) is 29.5 Å². The van der Waals surface area contributed by atoms with Crippen molar-refractivity contribution in [2.75, 3.05) is 7.11 Å². The van der Waals surface area contributed by atoms with Crippen LogP contribution in [-0.2, 0) is 4.74 Å². The Morgan fingerprint density at radius 1 is 1.50 bits per heavy atom. The first-order chi connectivity index (χ1) is 6.74. The molecule has 0 saturated heterocycles. The molecule has 2 aromatic rings. The Balaban J connectivity index is 2.74. The SMILES string of the molecule is COC(=O)n1c(Cl)nc2ccccc21. The Labute approximate surface area is 85.1 Å². The number of para-hydroxylation sites is 2. The van der Waals surface area contributed by atoms with Crippen LogP contribution in [0.1, 0.15) is 0 Å². The van der Waals surface area contributed by atoms with Crippen molar-refractivity contribution >= 4 is 28.7 Å². The molecule has 5 heteroatoms. The Morgan fingerprint density at radius 2 is 2.21 bits per heavy atom. The lowest BCUT2D eigenvalue weighted by atomic mass is 10.3. The van der Waals surface area contributed by atoms with Crippen LogP contribution in [-0.4, -0.2) is 22.8 Å². The highest BCUT2D eigenvalue weighted by molar-refractivity contribution is 6.30. The lowest BCUT2D eigenvalue weighted by molar-refractivity contribution is 0.174. The molecular weight excluding hydrogens is 204 g/mol. The third-order valence-electron chi connectivity index (χ3n) is 1.88. The number of imidazole rings is 1. The van der Waals surface area contributed by atoms with Crippen LogP contribution in [0.5, 0.6) is 0 Å². The number of carbonyl (C=O) groups is 1. The van der Waals surface area contributed by atoms with Crippen molar-refractivity contribution in [3.8, 4) is 0 Å². The van der Waals surface area contributed by atoms with Gasteiger partial charge >= 0.3 is 6.09 Å². The van der Waals surface area contributed by atoms with E-state index in [1.807, 2.05) is 6.07 Å². The molecule has 0 aliphatic carbocycles. The van der Waals surface area contributed by atoms with Crippen molar-refractivity contribution in [1.82, 2.24) is 9.55 Å². The van der Waals surface area contributed by atoms with E-state index in [0.717, 1.165) is 0 Å². The molecule has 14 heavy (non-hydrogen) atoms. The van der Waals surface area contributed by atoms with Gasteiger partial charge in [-0.25, -0.2) is 14.3 Å². The molecule has 0 atom stereocenters. The predicted octanol–water partition coefficient (Wildman–Crippen LogP) is 2.30. The quantitative estimate of drug-likeness (QED) is 0.670. The molecular formula is C9H7ClN2O2. The molecule has 1 aromatic carbocycles. The summed E-state index contributed by atoms with van der Waals surface area (Å²) in [5.41, 5.74) is 1.31. The number of methoxy groups -OCH3 is 1. The number of benzene rings is 1. The van der Waals surface area contributed by atoms with E-state index >= 15 is 0 Å². The standard InChI is InChI=1S/C9H7ClN2O2/c1-14-9(13)12-7-5-3-2-4-6(7)11-8(12)10/h2-5H,1H3. The summed E-state index contributed by atoms with van der Waals surface area (Å²) in [6.07, 6.45) is -0.538. The fourth-order valence-electron chi connectivity index (χ4n) is 1.26. The van der Waals surface area contributed by atoms with E-state index < -0.39 is 6.09 Å². The number of ether oxygens (including phenoxy) is 1. The minimum Gasteiger partial charge on any atom is -0.452 e. The van der Waals surface area contributed by atoms with Crippen LogP contribution < -0.4 is 0 Å². The molecule has 4 nitrogen and oxygen atoms in total. The molecule has 0 aliphatic rings. The molecule has 0 fully saturated rings. The number of carbonyl (C=O) groups excluding carboxylic acids is 1. The molecule has 0 spiro atoms. The highest BCUT2D eigenvalue weighted by Gasteiger charge is 2.14. The first kappa shape index (κ1) is 9.02. The van der Waals surface area contributed by atoms with Gasteiger partial charge in [-0.15, -0.1) is 0 Å². The van der Waals surface area contributed by atoms with Crippen LogP contribution in [0.25, 0.3) is 11.0 Å². The van der Waals surface area contributed by atoms with E-state index in [1.165, 1.54) is 11.7 Å². The summed E-state index contributed by atoms with van der Waals surface area (Å²) in [5.74, 6) is 0. The predicted molar refractivity (Wildman–Crippen MR) is 52.5 cm³/mol. The number of hydrogen-bond acceptors (Lipinski definition) is 3. The van der Waals surface area contributed by atoms with E-state index in [1.54, 1.807) is 18.2 Å². The van der Waals surface area contributed by atoms with E-state index in [9.17, 15) is 4.79 Å². The van der Waals surface area contributed by atoms with Crippen LogP contribution in [0.15, 0.2) is 24.3 Å². The molecule has 0 amide bonds. The van der Waals surface area contributed by atoms with Gasteiger partial charge in [0.15, 0.2) is 0 Å². The van der Waals surface area contributed by atoms with Crippen LogP contribution >= 0.6 is 11.6 Å². The minimum atomic E-state index is -0.538. The molecule has 0 N–H and O–H groups in total. The molecule has 0 radical (unpaired) electrons. The molecule has 1 aromatic heterocycles. The molecule has 1 heterocycles. The highest BCUT2D eigenvalue weighted by Crippen LogP contribution is 2.19. The molecule has 0 saturated carbocycles. The number of hydrogen-bond donors (Lipinski definition) is 0. The Morgan fingerprint density at radius 3 is 2.93 bits per heavy atom. The van der Waals surface area contributed by atoms with Gasteiger partial charge in [-0.2, -0.15) is 0 Å². The van der Waals surface area contributed by atoms with Gasteiger partial charge in [0.25, 0.3) is 0 Å². The smallest absolute Gasteiger partial charge is 0.420 e. The van der Waals surface area contributed by atoms with Crippen molar-refractivity contribution in [2.45, 2.75) is 0 Å². The maximum absolute atomic E-state index is 11.3. The zero-order valence-corrected chi connectivity index (χ0v) is 8.15. The van der Waals surface area contributed by atoms with Crippen molar-refractivity contribution in [2.24, 2.45) is 0 Å². The van der Waals surface area contributed by atoms with Crippen molar-refractivity contribution in [1.29, 1.82) is 0 Å².